The van der Waals surface area contributed by atoms with Crippen molar-refractivity contribution in [1.29, 1.82) is 0 Å². The van der Waals surface area contributed by atoms with E-state index in [0.29, 0.717) is 6.10 Å². The molecule has 86 valence electrons. The van der Waals surface area contributed by atoms with Gasteiger partial charge in [0.15, 0.2) is 0 Å². The molecule has 0 bridgehead atoms. The first-order valence-electron chi connectivity index (χ1n) is 6.24. The smallest absolute Gasteiger partial charge is 0.0982 e. The average Bonchev–Trinajstić information content (AvgIpc) is 2.31. The maximum absolute atomic E-state index is 5.96. The highest BCUT2D eigenvalue weighted by Crippen LogP contribution is 2.22. The molecule has 1 heteroatoms. The lowest BCUT2D eigenvalue weighted by molar-refractivity contribution is 0.0856. The Morgan fingerprint density at radius 1 is 1.12 bits per heavy atom. The van der Waals surface area contributed by atoms with Gasteiger partial charge in [0.1, 0.15) is 0 Å². The lowest BCUT2D eigenvalue weighted by Gasteiger charge is -2.23. The summed E-state index contributed by atoms with van der Waals surface area (Å²) in [4.78, 5) is 0. The van der Waals surface area contributed by atoms with Gasteiger partial charge in [0, 0.05) is 0 Å². The lowest BCUT2D eigenvalue weighted by atomic mass is 9.98. The number of benzene rings is 1. The molecule has 1 aromatic rings. The fourth-order valence-corrected chi connectivity index (χ4v) is 2.26. The van der Waals surface area contributed by atoms with E-state index in [1.165, 1.54) is 37.7 Å². The van der Waals surface area contributed by atoms with Crippen LogP contribution in [0.3, 0.4) is 0 Å². The van der Waals surface area contributed by atoms with Crippen LogP contribution in [0, 0.1) is 0 Å². The first-order chi connectivity index (χ1) is 7.84. The van der Waals surface area contributed by atoms with Crippen LogP contribution in [-0.4, -0.2) is 6.10 Å². The third kappa shape index (κ3) is 3.41. The zero-order chi connectivity index (χ0) is 11.2. The zero-order valence-electron chi connectivity index (χ0n) is 9.99. The van der Waals surface area contributed by atoms with Crippen LogP contribution >= 0.6 is 0 Å². The molecule has 1 aromatic carbocycles. The zero-order valence-corrected chi connectivity index (χ0v) is 9.99. The minimum Gasteiger partial charge on any atom is -0.495 e. The molecule has 0 aliphatic heterocycles. The molecule has 0 N–H and O–H groups in total. The third-order valence-corrected chi connectivity index (χ3v) is 3.07. The molecular weight excluding hydrogens is 196 g/mol. The Hall–Kier alpha value is -1.24. The van der Waals surface area contributed by atoms with E-state index in [2.05, 4.69) is 37.3 Å². The summed E-state index contributed by atoms with van der Waals surface area (Å²) in [6.07, 6.45) is 9.04. The standard InChI is InChI=1S/C15H20O/c1-13(12-14-8-4-2-5-9-14)16-15-10-6-3-7-11-15/h2,4-5,8-9,12,15H,3,6-7,10-11H2,1H3. The van der Waals surface area contributed by atoms with E-state index >= 15 is 0 Å². The summed E-state index contributed by atoms with van der Waals surface area (Å²) in [5.41, 5.74) is 1.22. The third-order valence-electron chi connectivity index (χ3n) is 3.07. The van der Waals surface area contributed by atoms with Crippen molar-refractivity contribution in [3.05, 3.63) is 41.7 Å². The minimum absolute atomic E-state index is 0.453. The highest BCUT2D eigenvalue weighted by molar-refractivity contribution is 5.50. The molecule has 0 unspecified atom stereocenters. The van der Waals surface area contributed by atoms with E-state index in [4.69, 9.17) is 4.74 Å². The average molecular weight is 216 g/mol. The van der Waals surface area contributed by atoms with Crippen molar-refractivity contribution in [3.63, 3.8) is 0 Å². The number of rotatable bonds is 3. The van der Waals surface area contributed by atoms with Gasteiger partial charge in [-0.15, -0.1) is 0 Å². The number of ether oxygens (including phenoxy) is 1. The molecule has 16 heavy (non-hydrogen) atoms. The van der Waals surface area contributed by atoms with Crippen molar-refractivity contribution < 1.29 is 4.74 Å². The summed E-state index contributed by atoms with van der Waals surface area (Å²) in [5.74, 6) is 1.04. The Kier molecular flexibility index (Phi) is 4.03. The monoisotopic (exact) mass is 216 g/mol. The van der Waals surface area contributed by atoms with Gasteiger partial charge in [-0.25, -0.2) is 0 Å². The van der Waals surface area contributed by atoms with Gasteiger partial charge in [0.25, 0.3) is 0 Å². The Labute approximate surface area is 98.1 Å². The number of hydrogen-bond donors (Lipinski definition) is 0. The van der Waals surface area contributed by atoms with Crippen molar-refractivity contribution in [3.8, 4) is 0 Å². The van der Waals surface area contributed by atoms with Crippen LogP contribution in [-0.2, 0) is 4.74 Å². The molecule has 1 saturated carbocycles. The van der Waals surface area contributed by atoms with Gasteiger partial charge < -0.3 is 4.74 Å². The van der Waals surface area contributed by atoms with Crippen molar-refractivity contribution >= 4 is 6.08 Å². The fraction of sp³-hybridized carbons (Fsp3) is 0.467. The summed E-state index contributed by atoms with van der Waals surface area (Å²) in [6.45, 7) is 2.06. The first kappa shape index (κ1) is 11.3. The molecule has 0 aromatic heterocycles. The van der Waals surface area contributed by atoms with E-state index in [-0.39, 0.29) is 0 Å². The maximum Gasteiger partial charge on any atom is 0.0982 e. The van der Waals surface area contributed by atoms with E-state index in [9.17, 15) is 0 Å². The molecular formula is C15H20O. The van der Waals surface area contributed by atoms with Crippen molar-refractivity contribution in [1.82, 2.24) is 0 Å². The quantitative estimate of drug-likeness (QED) is 0.681. The summed E-state index contributed by atoms with van der Waals surface area (Å²) >= 11 is 0. The SMILES string of the molecule is CC(=Cc1ccccc1)OC1CCCCC1. The second kappa shape index (κ2) is 5.74. The molecule has 1 aliphatic carbocycles. The molecule has 1 nitrogen and oxygen atoms in total. The van der Waals surface area contributed by atoms with Crippen LogP contribution in [0.2, 0.25) is 0 Å². The Bertz CT molecular complexity index is 334. The van der Waals surface area contributed by atoms with Crippen LogP contribution in [0.5, 0.6) is 0 Å². The van der Waals surface area contributed by atoms with Crippen LogP contribution < -0.4 is 0 Å². The molecule has 0 radical (unpaired) electrons. The topological polar surface area (TPSA) is 9.23 Å². The van der Waals surface area contributed by atoms with E-state index in [1.807, 2.05) is 6.07 Å². The minimum atomic E-state index is 0.453. The molecule has 0 heterocycles. The van der Waals surface area contributed by atoms with Gasteiger partial charge in [0.2, 0.25) is 0 Å². The van der Waals surface area contributed by atoms with Crippen LogP contribution in [0.25, 0.3) is 6.08 Å². The maximum atomic E-state index is 5.96. The van der Waals surface area contributed by atoms with E-state index < -0.39 is 0 Å². The second-order valence-corrected chi connectivity index (χ2v) is 4.54. The normalized spacial score (nSPS) is 18.4. The second-order valence-electron chi connectivity index (χ2n) is 4.54. The van der Waals surface area contributed by atoms with E-state index in [1.54, 1.807) is 0 Å². The summed E-state index contributed by atoms with van der Waals surface area (Å²) in [7, 11) is 0. The van der Waals surface area contributed by atoms with Gasteiger partial charge in [-0.2, -0.15) is 0 Å². The summed E-state index contributed by atoms with van der Waals surface area (Å²) in [5, 5.41) is 0. The molecule has 0 spiro atoms. The fourth-order valence-electron chi connectivity index (χ4n) is 2.26. The van der Waals surface area contributed by atoms with Crippen LogP contribution in [0.15, 0.2) is 36.1 Å². The van der Waals surface area contributed by atoms with Gasteiger partial charge in [0.05, 0.1) is 11.9 Å². The molecule has 0 saturated heterocycles. The van der Waals surface area contributed by atoms with E-state index in [0.717, 1.165) is 5.76 Å². The Morgan fingerprint density at radius 3 is 2.50 bits per heavy atom. The summed E-state index contributed by atoms with van der Waals surface area (Å²) in [6, 6.07) is 10.4. The molecule has 2 rings (SSSR count). The van der Waals surface area contributed by atoms with Gasteiger partial charge in [-0.3, -0.25) is 0 Å². The van der Waals surface area contributed by atoms with Crippen molar-refractivity contribution in [2.75, 3.05) is 0 Å². The summed E-state index contributed by atoms with van der Waals surface area (Å²) < 4.78 is 5.96. The molecule has 1 aliphatic rings. The predicted octanol–water partition coefficient (Wildman–Crippen LogP) is 4.40. The Morgan fingerprint density at radius 2 is 1.81 bits per heavy atom. The lowest BCUT2D eigenvalue weighted by Crippen LogP contribution is -2.15. The number of hydrogen-bond acceptors (Lipinski definition) is 1. The molecule has 0 atom stereocenters. The predicted molar refractivity (Wildman–Crippen MR) is 68.1 cm³/mol. The largest absolute Gasteiger partial charge is 0.495 e. The highest BCUT2D eigenvalue weighted by Gasteiger charge is 2.14. The van der Waals surface area contributed by atoms with Gasteiger partial charge >= 0.3 is 0 Å². The van der Waals surface area contributed by atoms with Gasteiger partial charge in [-0.05, 0) is 44.2 Å². The van der Waals surface area contributed by atoms with Gasteiger partial charge in [-0.1, -0.05) is 36.8 Å². The van der Waals surface area contributed by atoms with Crippen molar-refractivity contribution in [2.45, 2.75) is 45.1 Å². The molecule has 1 fully saturated rings. The highest BCUT2D eigenvalue weighted by atomic mass is 16.5. The number of allylic oxidation sites excluding steroid dienone is 1. The Balaban J connectivity index is 1.91. The molecule has 0 amide bonds. The first-order valence-corrected chi connectivity index (χ1v) is 6.24. The van der Waals surface area contributed by atoms with Crippen molar-refractivity contribution in [2.24, 2.45) is 0 Å². The van der Waals surface area contributed by atoms with Crippen LogP contribution in [0.1, 0.15) is 44.6 Å². The van der Waals surface area contributed by atoms with Crippen LogP contribution in [0.4, 0.5) is 0 Å².